The normalized spacial score (nSPS) is 11.3. The molecular weight excluding hydrogens is 319 g/mol. The van der Waals surface area contributed by atoms with Gasteiger partial charge in [0.2, 0.25) is 0 Å². The quantitative estimate of drug-likeness (QED) is 0.782. The van der Waals surface area contributed by atoms with Crippen LogP contribution in [0.1, 0.15) is 27.3 Å². The Balaban J connectivity index is 2.17. The van der Waals surface area contributed by atoms with Crippen LogP contribution in [0.2, 0.25) is 5.02 Å². The van der Waals surface area contributed by atoms with Crippen LogP contribution < -0.4 is 0 Å². The van der Waals surface area contributed by atoms with Crippen LogP contribution in [0.3, 0.4) is 0 Å². The van der Waals surface area contributed by atoms with E-state index >= 15 is 0 Å². The van der Waals surface area contributed by atoms with E-state index in [9.17, 15) is 18.0 Å². The maximum absolute atomic E-state index is 12.8. The zero-order valence-corrected chi connectivity index (χ0v) is 12.2. The highest BCUT2D eigenvalue weighted by atomic mass is 35.5. The minimum Gasteiger partial charge on any atom is -0.456 e. The van der Waals surface area contributed by atoms with Crippen molar-refractivity contribution in [2.24, 2.45) is 0 Å². The number of alkyl halides is 3. The number of aromatic nitrogens is 1. The van der Waals surface area contributed by atoms with Gasteiger partial charge in [0.1, 0.15) is 6.61 Å². The van der Waals surface area contributed by atoms with Crippen molar-refractivity contribution in [3.05, 3.63) is 63.9 Å². The predicted octanol–water partition coefficient (Wildman–Crippen LogP) is 4.42. The molecule has 0 bridgehead atoms. The maximum atomic E-state index is 12.8. The summed E-state index contributed by atoms with van der Waals surface area (Å²) in [5.41, 5.74) is -0.545. The summed E-state index contributed by atoms with van der Waals surface area (Å²) in [5.74, 6) is -0.870. The Morgan fingerprint density at radius 3 is 2.59 bits per heavy atom. The molecule has 3 nitrogen and oxygen atoms in total. The Labute approximate surface area is 129 Å². The van der Waals surface area contributed by atoms with Crippen molar-refractivity contribution in [1.29, 1.82) is 0 Å². The number of aryl methyl sites for hydroxylation is 1. The molecule has 0 radical (unpaired) electrons. The first-order valence-corrected chi connectivity index (χ1v) is 6.62. The van der Waals surface area contributed by atoms with Gasteiger partial charge in [0.05, 0.1) is 10.6 Å². The van der Waals surface area contributed by atoms with Gasteiger partial charge in [-0.3, -0.25) is 0 Å². The number of carbonyl (C=O) groups excluding carboxylic acids is 1. The molecule has 22 heavy (non-hydrogen) atoms. The minimum atomic E-state index is -4.51. The van der Waals surface area contributed by atoms with Crippen LogP contribution in [0.5, 0.6) is 0 Å². The van der Waals surface area contributed by atoms with Crippen LogP contribution in [0.4, 0.5) is 13.2 Å². The van der Waals surface area contributed by atoms with E-state index in [2.05, 4.69) is 4.98 Å². The molecule has 1 aromatic carbocycles. The molecule has 0 saturated heterocycles. The molecule has 0 aliphatic carbocycles. The van der Waals surface area contributed by atoms with E-state index in [0.29, 0.717) is 5.69 Å². The summed E-state index contributed by atoms with van der Waals surface area (Å²) in [6.45, 7) is 1.15. The van der Waals surface area contributed by atoms with Gasteiger partial charge in [-0.1, -0.05) is 29.8 Å². The number of rotatable bonds is 3. The number of benzene rings is 1. The Bertz CT molecular complexity index is 701. The Morgan fingerprint density at radius 2 is 1.91 bits per heavy atom. The first kappa shape index (κ1) is 16.3. The summed E-state index contributed by atoms with van der Waals surface area (Å²) in [6.07, 6.45) is -4.51. The Morgan fingerprint density at radius 1 is 1.23 bits per heavy atom. The lowest BCUT2D eigenvalue weighted by Crippen LogP contribution is -2.13. The smallest absolute Gasteiger partial charge is 0.416 e. The van der Waals surface area contributed by atoms with Gasteiger partial charge in [0.15, 0.2) is 5.69 Å². The van der Waals surface area contributed by atoms with Crippen LogP contribution in [0, 0.1) is 6.92 Å². The third-order valence-corrected chi connectivity index (χ3v) is 3.17. The van der Waals surface area contributed by atoms with E-state index in [-0.39, 0.29) is 16.3 Å². The standard InChI is InChI=1S/C15H11ClF3NO2/c1-9-6-7-12(16)13(20-9)14(21)22-8-10-4-2-3-5-11(10)15(17,18)19/h2-7H,8H2,1H3. The van der Waals surface area contributed by atoms with Gasteiger partial charge < -0.3 is 4.74 Å². The molecule has 0 N–H and O–H groups in total. The number of ether oxygens (including phenoxy) is 1. The Kier molecular flexibility index (Phi) is 4.71. The third kappa shape index (κ3) is 3.76. The van der Waals surface area contributed by atoms with E-state index in [1.165, 1.54) is 24.3 Å². The predicted molar refractivity (Wildman–Crippen MR) is 74.5 cm³/mol. The Hall–Kier alpha value is -2.08. The van der Waals surface area contributed by atoms with Crippen molar-refractivity contribution < 1.29 is 22.7 Å². The summed E-state index contributed by atoms with van der Waals surface area (Å²) < 4.78 is 43.4. The second-order valence-corrected chi connectivity index (χ2v) is 4.92. The monoisotopic (exact) mass is 329 g/mol. The highest BCUT2D eigenvalue weighted by Gasteiger charge is 2.33. The largest absolute Gasteiger partial charge is 0.456 e. The highest BCUT2D eigenvalue weighted by Crippen LogP contribution is 2.32. The average Bonchev–Trinajstić information content (AvgIpc) is 2.46. The fraction of sp³-hybridized carbons (Fsp3) is 0.200. The third-order valence-electron chi connectivity index (χ3n) is 2.86. The molecule has 0 aliphatic heterocycles. The fourth-order valence-electron chi connectivity index (χ4n) is 1.82. The fourth-order valence-corrected chi connectivity index (χ4v) is 2.00. The van der Waals surface area contributed by atoms with Gasteiger partial charge in [-0.05, 0) is 25.1 Å². The average molecular weight is 330 g/mol. The lowest BCUT2D eigenvalue weighted by Gasteiger charge is -2.13. The molecule has 2 rings (SSSR count). The molecule has 116 valence electrons. The van der Waals surface area contributed by atoms with Crippen molar-refractivity contribution in [2.45, 2.75) is 19.7 Å². The number of halogens is 4. The van der Waals surface area contributed by atoms with E-state index in [4.69, 9.17) is 16.3 Å². The van der Waals surface area contributed by atoms with E-state index < -0.39 is 24.3 Å². The zero-order chi connectivity index (χ0) is 16.3. The van der Waals surface area contributed by atoms with Gasteiger partial charge in [-0.2, -0.15) is 13.2 Å². The molecule has 7 heteroatoms. The molecule has 1 aromatic heterocycles. The lowest BCUT2D eigenvalue weighted by atomic mass is 10.1. The van der Waals surface area contributed by atoms with Crippen molar-refractivity contribution in [1.82, 2.24) is 4.98 Å². The SMILES string of the molecule is Cc1ccc(Cl)c(C(=O)OCc2ccccc2C(F)(F)F)n1. The second kappa shape index (κ2) is 6.36. The molecule has 0 atom stereocenters. The molecule has 2 aromatic rings. The number of nitrogens with zero attached hydrogens (tertiary/aromatic N) is 1. The van der Waals surface area contributed by atoms with Gasteiger partial charge in [-0.25, -0.2) is 9.78 Å². The molecule has 1 heterocycles. The van der Waals surface area contributed by atoms with Crippen molar-refractivity contribution in [3.63, 3.8) is 0 Å². The highest BCUT2D eigenvalue weighted by molar-refractivity contribution is 6.33. The van der Waals surface area contributed by atoms with Crippen LogP contribution in [0.25, 0.3) is 0 Å². The summed E-state index contributed by atoms with van der Waals surface area (Å²) in [5, 5.41) is 0.0831. The van der Waals surface area contributed by atoms with Gasteiger partial charge in [0, 0.05) is 11.3 Å². The van der Waals surface area contributed by atoms with E-state index in [0.717, 1.165) is 6.07 Å². The summed E-state index contributed by atoms with van der Waals surface area (Å²) in [7, 11) is 0. The van der Waals surface area contributed by atoms with Crippen LogP contribution in [0.15, 0.2) is 36.4 Å². The summed E-state index contributed by atoms with van der Waals surface area (Å²) in [6, 6.07) is 7.98. The van der Waals surface area contributed by atoms with Gasteiger partial charge in [0.25, 0.3) is 0 Å². The maximum Gasteiger partial charge on any atom is 0.416 e. The van der Waals surface area contributed by atoms with Crippen molar-refractivity contribution in [3.8, 4) is 0 Å². The molecule has 0 spiro atoms. The molecule has 0 saturated carbocycles. The first-order valence-electron chi connectivity index (χ1n) is 6.24. The molecule has 0 unspecified atom stereocenters. The second-order valence-electron chi connectivity index (χ2n) is 4.51. The van der Waals surface area contributed by atoms with E-state index in [1.807, 2.05) is 0 Å². The van der Waals surface area contributed by atoms with Crippen molar-refractivity contribution >= 4 is 17.6 Å². The number of esters is 1. The van der Waals surface area contributed by atoms with Crippen LogP contribution in [-0.4, -0.2) is 11.0 Å². The number of pyridine rings is 1. The van der Waals surface area contributed by atoms with Gasteiger partial charge in [-0.15, -0.1) is 0 Å². The number of hydrogen-bond donors (Lipinski definition) is 0. The zero-order valence-electron chi connectivity index (χ0n) is 11.4. The number of hydrogen-bond acceptors (Lipinski definition) is 3. The molecule has 0 aliphatic rings. The van der Waals surface area contributed by atoms with Crippen molar-refractivity contribution in [2.75, 3.05) is 0 Å². The molecular formula is C15H11ClF3NO2. The minimum absolute atomic E-state index is 0.0831. The van der Waals surface area contributed by atoms with Gasteiger partial charge >= 0.3 is 12.1 Å². The first-order chi connectivity index (χ1) is 10.3. The summed E-state index contributed by atoms with van der Waals surface area (Å²) in [4.78, 5) is 15.8. The molecule has 0 amide bonds. The lowest BCUT2D eigenvalue weighted by molar-refractivity contribution is -0.138. The van der Waals surface area contributed by atoms with Crippen LogP contribution in [-0.2, 0) is 17.5 Å². The van der Waals surface area contributed by atoms with Crippen LogP contribution >= 0.6 is 11.6 Å². The number of carbonyl (C=O) groups is 1. The molecule has 0 fully saturated rings. The summed E-state index contributed by atoms with van der Waals surface area (Å²) >= 11 is 5.83. The van der Waals surface area contributed by atoms with E-state index in [1.54, 1.807) is 13.0 Å². The topological polar surface area (TPSA) is 39.2 Å².